The zero-order valence-electron chi connectivity index (χ0n) is 6.13. The first-order chi connectivity index (χ1) is 4.77. The highest BCUT2D eigenvalue weighted by Gasteiger charge is 2.20. The quantitative estimate of drug-likeness (QED) is 0.308. The summed E-state index contributed by atoms with van der Waals surface area (Å²) in [6.07, 6.45) is 8.87. The summed E-state index contributed by atoms with van der Waals surface area (Å²) < 4.78 is 0. The van der Waals surface area contributed by atoms with Gasteiger partial charge in [-0.1, -0.05) is 12.2 Å². The Morgan fingerprint density at radius 1 is 1.70 bits per heavy atom. The van der Waals surface area contributed by atoms with Crippen LogP contribution in [0.2, 0.25) is 0 Å². The topological polar surface area (TPSA) is 29.4 Å². The molecule has 1 rings (SSSR count). The predicted octanol–water partition coefficient (Wildman–Crippen LogP) is 1.82. The molecule has 0 aromatic rings. The summed E-state index contributed by atoms with van der Waals surface area (Å²) in [6, 6.07) is 0. The summed E-state index contributed by atoms with van der Waals surface area (Å²) in [6.45, 7) is 1.95. The lowest BCUT2D eigenvalue weighted by Gasteiger charge is -2.21. The number of isocyanates is 1. The summed E-state index contributed by atoms with van der Waals surface area (Å²) in [7, 11) is 0. The van der Waals surface area contributed by atoms with E-state index in [4.69, 9.17) is 0 Å². The van der Waals surface area contributed by atoms with Crippen molar-refractivity contribution in [3.05, 3.63) is 12.2 Å². The summed E-state index contributed by atoms with van der Waals surface area (Å²) in [4.78, 5) is 13.7. The first-order valence-electron chi connectivity index (χ1n) is 3.54. The van der Waals surface area contributed by atoms with Gasteiger partial charge >= 0.3 is 0 Å². The second-order valence-electron chi connectivity index (χ2n) is 2.85. The molecule has 10 heavy (non-hydrogen) atoms. The van der Waals surface area contributed by atoms with Gasteiger partial charge in [0.05, 0.1) is 5.54 Å². The Bertz CT molecular complexity index is 191. The normalized spacial score (nSPS) is 31.3. The first kappa shape index (κ1) is 7.23. The van der Waals surface area contributed by atoms with Gasteiger partial charge in [-0.15, -0.1) is 0 Å². The summed E-state index contributed by atoms with van der Waals surface area (Å²) >= 11 is 0. The van der Waals surface area contributed by atoms with Crippen LogP contribution in [0.3, 0.4) is 0 Å². The monoisotopic (exact) mass is 137 g/mol. The van der Waals surface area contributed by atoms with Crippen molar-refractivity contribution in [2.75, 3.05) is 0 Å². The van der Waals surface area contributed by atoms with Crippen LogP contribution in [0.4, 0.5) is 0 Å². The predicted molar refractivity (Wildman–Crippen MR) is 39.5 cm³/mol. The van der Waals surface area contributed by atoms with Gasteiger partial charge in [-0.05, 0) is 26.2 Å². The van der Waals surface area contributed by atoms with Crippen molar-refractivity contribution in [3.8, 4) is 0 Å². The van der Waals surface area contributed by atoms with Crippen molar-refractivity contribution in [2.45, 2.75) is 31.7 Å². The van der Waals surface area contributed by atoms with E-state index in [1.165, 1.54) is 0 Å². The summed E-state index contributed by atoms with van der Waals surface area (Å²) in [5.41, 5.74) is -0.250. The fourth-order valence-electron chi connectivity index (χ4n) is 1.20. The van der Waals surface area contributed by atoms with Crippen molar-refractivity contribution < 1.29 is 4.79 Å². The Kier molecular flexibility index (Phi) is 2.03. The fourth-order valence-corrected chi connectivity index (χ4v) is 1.20. The molecular formula is C8H11NO. The zero-order chi connectivity index (χ0) is 7.45. The lowest BCUT2D eigenvalue weighted by Crippen LogP contribution is -2.20. The molecule has 0 amide bonds. The molecule has 0 unspecified atom stereocenters. The third-order valence-corrected chi connectivity index (χ3v) is 1.83. The highest BCUT2D eigenvalue weighted by molar-refractivity contribution is 5.36. The van der Waals surface area contributed by atoms with Gasteiger partial charge in [0.25, 0.3) is 0 Å². The minimum atomic E-state index is -0.250. The van der Waals surface area contributed by atoms with Crippen LogP contribution in [0.25, 0.3) is 0 Å². The molecular weight excluding hydrogens is 126 g/mol. The largest absolute Gasteiger partial charge is 0.235 e. The van der Waals surface area contributed by atoms with Crippen molar-refractivity contribution in [2.24, 2.45) is 4.99 Å². The maximum Gasteiger partial charge on any atom is 0.235 e. The molecule has 0 aromatic heterocycles. The molecule has 0 radical (unpaired) electrons. The third kappa shape index (κ3) is 1.55. The molecule has 0 N–H and O–H groups in total. The molecule has 1 aliphatic rings. The standard InChI is InChI=1S/C8H11NO/c1-8(9-7-10)5-3-2-4-6-8/h3,5H,2,4,6H2,1H3/t8-/m1/s1. The smallest absolute Gasteiger partial charge is 0.211 e. The van der Waals surface area contributed by atoms with E-state index in [0.717, 1.165) is 19.3 Å². The molecule has 0 bridgehead atoms. The highest BCUT2D eigenvalue weighted by Crippen LogP contribution is 2.24. The van der Waals surface area contributed by atoms with E-state index in [-0.39, 0.29) is 5.54 Å². The lowest BCUT2D eigenvalue weighted by atomic mass is 9.90. The van der Waals surface area contributed by atoms with Gasteiger partial charge in [-0.2, -0.15) is 4.99 Å². The zero-order valence-corrected chi connectivity index (χ0v) is 6.13. The van der Waals surface area contributed by atoms with Gasteiger partial charge in [-0.3, -0.25) is 0 Å². The SMILES string of the molecule is C[C@@]1(N=C=O)C=CCCC1. The average molecular weight is 137 g/mol. The van der Waals surface area contributed by atoms with Crippen LogP contribution in [-0.4, -0.2) is 11.6 Å². The minimum absolute atomic E-state index is 0.250. The third-order valence-electron chi connectivity index (χ3n) is 1.83. The molecule has 0 saturated carbocycles. The van der Waals surface area contributed by atoms with Gasteiger partial charge in [0.2, 0.25) is 6.08 Å². The second-order valence-corrected chi connectivity index (χ2v) is 2.85. The Balaban J connectivity index is 2.74. The molecule has 1 aliphatic carbocycles. The Morgan fingerprint density at radius 2 is 2.50 bits per heavy atom. The maximum atomic E-state index is 9.95. The van der Waals surface area contributed by atoms with E-state index in [1.54, 1.807) is 6.08 Å². The van der Waals surface area contributed by atoms with Crippen LogP contribution in [-0.2, 0) is 4.79 Å². The molecule has 2 nitrogen and oxygen atoms in total. The number of nitrogens with zero attached hydrogens (tertiary/aromatic N) is 1. The van der Waals surface area contributed by atoms with E-state index in [2.05, 4.69) is 11.1 Å². The summed E-state index contributed by atoms with van der Waals surface area (Å²) in [5.74, 6) is 0. The van der Waals surface area contributed by atoms with Gasteiger partial charge in [0.1, 0.15) is 0 Å². The summed E-state index contributed by atoms with van der Waals surface area (Å²) in [5, 5.41) is 0. The van der Waals surface area contributed by atoms with E-state index in [1.807, 2.05) is 13.0 Å². The molecule has 1 atom stereocenters. The minimum Gasteiger partial charge on any atom is -0.211 e. The van der Waals surface area contributed by atoms with E-state index >= 15 is 0 Å². The highest BCUT2D eigenvalue weighted by atomic mass is 16.1. The van der Waals surface area contributed by atoms with E-state index in [9.17, 15) is 4.79 Å². The van der Waals surface area contributed by atoms with Crippen molar-refractivity contribution in [3.63, 3.8) is 0 Å². The van der Waals surface area contributed by atoms with Gasteiger partial charge in [-0.25, -0.2) is 4.79 Å². The average Bonchev–Trinajstić information content (AvgIpc) is 1.89. The first-order valence-corrected chi connectivity index (χ1v) is 3.54. The van der Waals surface area contributed by atoms with Crippen LogP contribution in [0.15, 0.2) is 17.1 Å². The van der Waals surface area contributed by atoms with Crippen LogP contribution in [0.1, 0.15) is 26.2 Å². The van der Waals surface area contributed by atoms with Gasteiger partial charge < -0.3 is 0 Å². The van der Waals surface area contributed by atoms with Crippen LogP contribution < -0.4 is 0 Å². The molecule has 54 valence electrons. The molecule has 0 fully saturated rings. The number of aliphatic imine (C=N–C) groups is 1. The fraction of sp³-hybridized carbons (Fsp3) is 0.625. The van der Waals surface area contributed by atoms with Crippen LogP contribution >= 0.6 is 0 Å². The Hall–Kier alpha value is -0.880. The van der Waals surface area contributed by atoms with Crippen LogP contribution in [0.5, 0.6) is 0 Å². The van der Waals surface area contributed by atoms with Crippen molar-refractivity contribution in [1.29, 1.82) is 0 Å². The van der Waals surface area contributed by atoms with Crippen molar-refractivity contribution >= 4 is 6.08 Å². The number of rotatable bonds is 1. The number of allylic oxidation sites excluding steroid dienone is 1. The maximum absolute atomic E-state index is 9.95. The number of hydrogen-bond acceptors (Lipinski definition) is 2. The number of carbonyl (C=O) groups excluding carboxylic acids is 1. The molecule has 0 saturated heterocycles. The number of hydrogen-bond donors (Lipinski definition) is 0. The van der Waals surface area contributed by atoms with Crippen molar-refractivity contribution in [1.82, 2.24) is 0 Å². The molecule has 0 heterocycles. The van der Waals surface area contributed by atoms with E-state index < -0.39 is 0 Å². The second kappa shape index (κ2) is 2.80. The molecule has 0 spiro atoms. The van der Waals surface area contributed by atoms with Gasteiger partial charge in [0, 0.05) is 0 Å². The Labute approximate surface area is 60.7 Å². The molecule has 0 aromatic carbocycles. The van der Waals surface area contributed by atoms with E-state index in [0.29, 0.717) is 0 Å². The molecule has 0 aliphatic heterocycles. The lowest BCUT2D eigenvalue weighted by molar-refractivity contribution is 0.484. The van der Waals surface area contributed by atoms with Gasteiger partial charge in [0.15, 0.2) is 0 Å². The molecule has 2 heteroatoms. The Morgan fingerprint density at radius 3 is 3.00 bits per heavy atom. The van der Waals surface area contributed by atoms with Crippen LogP contribution in [0, 0.1) is 0 Å².